The lowest BCUT2D eigenvalue weighted by atomic mass is 10.3. The molecule has 0 radical (unpaired) electrons. The highest BCUT2D eigenvalue weighted by Crippen LogP contribution is 2.09. The van der Waals surface area contributed by atoms with E-state index >= 15 is 0 Å². The number of carbonyl (C=O) groups is 1. The highest BCUT2D eigenvalue weighted by Gasteiger charge is 2.01. The second kappa shape index (κ2) is 5.01. The van der Waals surface area contributed by atoms with Crippen LogP contribution in [-0.2, 0) is 4.74 Å². The molecule has 14 heavy (non-hydrogen) atoms. The average molecular weight is 195 g/mol. The fourth-order valence-electron chi connectivity index (χ4n) is 0.843. The lowest BCUT2D eigenvalue weighted by Crippen LogP contribution is -2.10. The predicted molar refractivity (Wildman–Crippen MR) is 51.3 cm³/mol. The molecule has 0 aromatic heterocycles. The smallest absolute Gasteiger partial charge is 0.416 e. The second-order valence-corrected chi connectivity index (χ2v) is 2.51. The standard InChI is InChI=1S/C10H10FNO2/c1-2-6-14-10(13)12-9-5-3-4-8(11)7-9/h2-7H,1H3,(H,12,13)/b6-2-. The van der Waals surface area contributed by atoms with Gasteiger partial charge < -0.3 is 4.74 Å². The number of anilines is 1. The Balaban J connectivity index is 2.56. The molecule has 74 valence electrons. The normalized spacial score (nSPS) is 10.1. The highest BCUT2D eigenvalue weighted by molar-refractivity contribution is 5.84. The first-order chi connectivity index (χ1) is 6.72. The maximum Gasteiger partial charge on any atom is 0.416 e. The minimum atomic E-state index is -0.645. The van der Waals surface area contributed by atoms with Crippen molar-refractivity contribution in [2.45, 2.75) is 6.92 Å². The Morgan fingerprint density at radius 1 is 1.57 bits per heavy atom. The number of amides is 1. The first-order valence-electron chi connectivity index (χ1n) is 4.06. The zero-order valence-corrected chi connectivity index (χ0v) is 7.66. The number of carbonyl (C=O) groups excluding carboxylic acids is 1. The van der Waals surface area contributed by atoms with Crippen LogP contribution in [0.1, 0.15) is 6.92 Å². The quantitative estimate of drug-likeness (QED) is 0.737. The maximum atomic E-state index is 12.7. The van der Waals surface area contributed by atoms with Crippen LogP contribution in [0.25, 0.3) is 0 Å². The van der Waals surface area contributed by atoms with E-state index in [2.05, 4.69) is 10.1 Å². The van der Waals surface area contributed by atoms with Crippen LogP contribution in [0.5, 0.6) is 0 Å². The van der Waals surface area contributed by atoms with Gasteiger partial charge in [-0.3, -0.25) is 5.32 Å². The van der Waals surface area contributed by atoms with Gasteiger partial charge in [-0.15, -0.1) is 0 Å². The van der Waals surface area contributed by atoms with E-state index in [1.165, 1.54) is 24.5 Å². The lowest BCUT2D eigenvalue weighted by Gasteiger charge is -2.02. The van der Waals surface area contributed by atoms with Gasteiger partial charge in [-0.2, -0.15) is 0 Å². The summed E-state index contributed by atoms with van der Waals surface area (Å²) >= 11 is 0. The van der Waals surface area contributed by atoms with E-state index in [1.807, 2.05) is 0 Å². The van der Waals surface area contributed by atoms with Crippen molar-refractivity contribution in [3.8, 4) is 0 Å². The Bertz CT molecular complexity index is 350. The maximum absolute atomic E-state index is 12.7. The Hall–Kier alpha value is -1.84. The highest BCUT2D eigenvalue weighted by atomic mass is 19.1. The Morgan fingerprint density at radius 2 is 2.36 bits per heavy atom. The first kappa shape index (κ1) is 10.2. The minimum absolute atomic E-state index is 0.361. The molecule has 0 spiro atoms. The third-order valence-electron chi connectivity index (χ3n) is 1.38. The topological polar surface area (TPSA) is 38.3 Å². The molecule has 1 amide bonds. The fraction of sp³-hybridized carbons (Fsp3) is 0.100. The zero-order valence-electron chi connectivity index (χ0n) is 7.66. The second-order valence-electron chi connectivity index (χ2n) is 2.51. The third-order valence-corrected chi connectivity index (χ3v) is 1.38. The first-order valence-corrected chi connectivity index (χ1v) is 4.06. The number of nitrogens with one attached hydrogen (secondary N) is 1. The fourth-order valence-corrected chi connectivity index (χ4v) is 0.843. The van der Waals surface area contributed by atoms with Crippen LogP contribution in [0.3, 0.4) is 0 Å². The SMILES string of the molecule is C/C=C\OC(=O)Nc1cccc(F)c1. The molecule has 0 saturated carbocycles. The summed E-state index contributed by atoms with van der Waals surface area (Å²) in [6.07, 6.45) is 2.17. The van der Waals surface area contributed by atoms with Gasteiger partial charge >= 0.3 is 6.09 Å². The largest absolute Gasteiger partial charge is 0.418 e. The molecule has 1 aromatic carbocycles. The van der Waals surface area contributed by atoms with Gasteiger partial charge in [0.25, 0.3) is 0 Å². The number of allylic oxidation sites excluding steroid dienone is 1. The number of hydrogen-bond donors (Lipinski definition) is 1. The Kier molecular flexibility index (Phi) is 3.67. The number of benzene rings is 1. The molecule has 0 aliphatic heterocycles. The van der Waals surface area contributed by atoms with Crippen molar-refractivity contribution in [1.29, 1.82) is 0 Å². The molecule has 0 fully saturated rings. The van der Waals surface area contributed by atoms with Gasteiger partial charge in [0.1, 0.15) is 5.82 Å². The van der Waals surface area contributed by atoms with Crippen molar-refractivity contribution in [2.75, 3.05) is 5.32 Å². The van der Waals surface area contributed by atoms with Crippen LogP contribution in [0, 0.1) is 5.82 Å². The van der Waals surface area contributed by atoms with E-state index in [-0.39, 0.29) is 0 Å². The van der Waals surface area contributed by atoms with Crippen molar-refractivity contribution in [3.05, 3.63) is 42.4 Å². The minimum Gasteiger partial charge on any atom is -0.418 e. The predicted octanol–water partition coefficient (Wildman–Crippen LogP) is 2.91. The summed E-state index contributed by atoms with van der Waals surface area (Å²) < 4.78 is 17.2. The Labute approximate surface area is 81.2 Å². The third kappa shape index (κ3) is 3.26. The molecule has 0 heterocycles. The van der Waals surface area contributed by atoms with E-state index in [9.17, 15) is 9.18 Å². The van der Waals surface area contributed by atoms with Crippen LogP contribution >= 0.6 is 0 Å². The summed E-state index contributed by atoms with van der Waals surface area (Å²) in [5.41, 5.74) is 0.361. The van der Waals surface area contributed by atoms with E-state index in [0.717, 1.165) is 0 Å². The molecule has 0 bridgehead atoms. The number of rotatable bonds is 2. The van der Waals surface area contributed by atoms with Gasteiger partial charge in [0, 0.05) is 5.69 Å². The van der Waals surface area contributed by atoms with Gasteiger partial charge in [0.2, 0.25) is 0 Å². The van der Waals surface area contributed by atoms with Crippen molar-refractivity contribution >= 4 is 11.8 Å². The van der Waals surface area contributed by atoms with Crippen molar-refractivity contribution in [3.63, 3.8) is 0 Å². The molecular weight excluding hydrogens is 185 g/mol. The molecule has 1 rings (SSSR count). The molecule has 4 heteroatoms. The summed E-state index contributed by atoms with van der Waals surface area (Å²) in [7, 11) is 0. The molecular formula is C10H10FNO2. The lowest BCUT2D eigenvalue weighted by molar-refractivity contribution is 0.201. The average Bonchev–Trinajstić information content (AvgIpc) is 2.15. The number of ether oxygens (including phenoxy) is 1. The van der Waals surface area contributed by atoms with Gasteiger partial charge in [-0.1, -0.05) is 12.1 Å². The number of hydrogen-bond acceptors (Lipinski definition) is 2. The van der Waals surface area contributed by atoms with Gasteiger partial charge in [-0.25, -0.2) is 9.18 Å². The van der Waals surface area contributed by atoms with E-state index in [4.69, 9.17) is 0 Å². The van der Waals surface area contributed by atoms with Crippen molar-refractivity contribution in [1.82, 2.24) is 0 Å². The molecule has 0 aliphatic carbocycles. The summed E-state index contributed by atoms with van der Waals surface area (Å²) in [6, 6.07) is 5.57. The van der Waals surface area contributed by atoms with Gasteiger partial charge in [0.15, 0.2) is 0 Å². The molecule has 3 nitrogen and oxygen atoms in total. The summed E-state index contributed by atoms with van der Waals surface area (Å²) in [4.78, 5) is 11.0. The van der Waals surface area contributed by atoms with Crippen molar-refractivity contribution in [2.24, 2.45) is 0 Å². The summed E-state index contributed by atoms with van der Waals surface area (Å²) in [5.74, 6) is -0.408. The van der Waals surface area contributed by atoms with E-state index < -0.39 is 11.9 Å². The van der Waals surface area contributed by atoms with Crippen molar-refractivity contribution < 1.29 is 13.9 Å². The molecule has 0 aliphatic rings. The van der Waals surface area contributed by atoms with Crippen LogP contribution in [0.4, 0.5) is 14.9 Å². The molecule has 1 N–H and O–H groups in total. The van der Waals surface area contributed by atoms with Crippen LogP contribution < -0.4 is 5.32 Å². The summed E-state index contributed by atoms with van der Waals surface area (Å²) in [5, 5.41) is 2.37. The Morgan fingerprint density at radius 3 is 3.00 bits per heavy atom. The zero-order chi connectivity index (χ0) is 10.4. The molecule has 0 saturated heterocycles. The van der Waals surface area contributed by atoms with E-state index in [0.29, 0.717) is 5.69 Å². The van der Waals surface area contributed by atoms with Crippen LogP contribution in [-0.4, -0.2) is 6.09 Å². The van der Waals surface area contributed by atoms with Crippen LogP contribution in [0.2, 0.25) is 0 Å². The van der Waals surface area contributed by atoms with Crippen LogP contribution in [0.15, 0.2) is 36.6 Å². The summed E-state index contributed by atoms with van der Waals surface area (Å²) in [6.45, 7) is 1.72. The monoisotopic (exact) mass is 195 g/mol. The number of halogens is 1. The molecule has 0 atom stereocenters. The molecule has 0 unspecified atom stereocenters. The van der Waals surface area contributed by atoms with Gasteiger partial charge in [-0.05, 0) is 25.1 Å². The van der Waals surface area contributed by atoms with Gasteiger partial charge in [0.05, 0.1) is 6.26 Å². The molecule has 1 aromatic rings. The van der Waals surface area contributed by atoms with E-state index in [1.54, 1.807) is 19.1 Å².